The molecule has 2 aliphatic heterocycles. The smallest absolute Gasteiger partial charge is 0.222 e. The summed E-state index contributed by atoms with van der Waals surface area (Å²) in [5, 5.41) is 0. The van der Waals surface area contributed by atoms with Crippen LogP contribution in [0.2, 0.25) is 0 Å². The fourth-order valence-corrected chi connectivity index (χ4v) is 3.04. The standard InChI is InChI=1S/C16H31N3O/c1-16(2)6-9-19(10-7-16)15(20)5-4-8-18-13-11-17(3)12-14-18/h4-14H2,1-3H3. The summed E-state index contributed by atoms with van der Waals surface area (Å²) >= 11 is 0. The Morgan fingerprint density at radius 3 is 2.20 bits per heavy atom. The van der Waals surface area contributed by atoms with E-state index in [9.17, 15) is 4.79 Å². The van der Waals surface area contributed by atoms with Crippen molar-refractivity contribution in [3.8, 4) is 0 Å². The fourth-order valence-electron chi connectivity index (χ4n) is 3.04. The van der Waals surface area contributed by atoms with Crippen LogP contribution in [0.25, 0.3) is 0 Å². The molecule has 0 N–H and O–H groups in total. The predicted molar refractivity (Wildman–Crippen MR) is 82.8 cm³/mol. The third-order valence-corrected chi connectivity index (χ3v) is 4.93. The Bertz CT molecular complexity index is 312. The van der Waals surface area contributed by atoms with Gasteiger partial charge in [0.2, 0.25) is 5.91 Å². The molecule has 0 saturated carbocycles. The molecule has 4 nitrogen and oxygen atoms in total. The lowest BCUT2D eigenvalue weighted by Crippen LogP contribution is -2.45. The van der Waals surface area contributed by atoms with E-state index in [0.29, 0.717) is 11.3 Å². The second kappa shape index (κ2) is 6.90. The van der Waals surface area contributed by atoms with Crippen LogP contribution in [0.1, 0.15) is 39.5 Å². The zero-order chi connectivity index (χ0) is 14.6. The van der Waals surface area contributed by atoms with E-state index in [2.05, 4.69) is 35.6 Å². The minimum absolute atomic E-state index is 0.370. The van der Waals surface area contributed by atoms with Crippen molar-refractivity contribution < 1.29 is 4.79 Å². The number of hydrogen-bond donors (Lipinski definition) is 0. The topological polar surface area (TPSA) is 26.8 Å². The van der Waals surface area contributed by atoms with Crippen LogP contribution < -0.4 is 0 Å². The van der Waals surface area contributed by atoms with E-state index in [1.54, 1.807) is 0 Å². The normalized spacial score (nSPS) is 24.9. The third kappa shape index (κ3) is 4.74. The molecule has 2 fully saturated rings. The van der Waals surface area contributed by atoms with Crippen molar-refractivity contribution in [2.24, 2.45) is 5.41 Å². The molecular formula is C16H31N3O. The number of carbonyl (C=O) groups excluding carboxylic acids is 1. The molecule has 0 unspecified atom stereocenters. The van der Waals surface area contributed by atoms with E-state index in [4.69, 9.17) is 0 Å². The maximum absolute atomic E-state index is 12.2. The van der Waals surface area contributed by atoms with Crippen LogP contribution in [0.3, 0.4) is 0 Å². The van der Waals surface area contributed by atoms with Crippen LogP contribution in [-0.2, 0) is 4.79 Å². The summed E-state index contributed by atoms with van der Waals surface area (Å²) in [5.41, 5.74) is 0.427. The minimum atomic E-state index is 0.370. The number of nitrogens with zero attached hydrogens (tertiary/aromatic N) is 3. The number of piperazine rings is 1. The Labute approximate surface area is 124 Å². The molecule has 2 aliphatic rings. The van der Waals surface area contributed by atoms with E-state index in [1.165, 1.54) is 0 Å². The van der Waals surface area contributed by atoms with Crippen LogP contribution in [0.5, 0.6) is 0 Å². The van der Waals surface area contributed by atoms with Gasteiger partial charge in [0.05, 0.1) is 0 Å². The maximum Gasteiger partial charge on any atom is 0.222 e. The Kier molecular flexibility index (Phi) is 5.44. The van der Waals surface area contributed by atoms with E-state index < -0.39 is 0 Å². The van der Waals surface area contributed by atoms with Crippen LogP contribution in [-0.4, -0.2) is 73.5 Å². The first kappa shape index (κ1) is 15.8. The molecule has 2 rings (SSSR count). The summed E-state index contributed by atoms with van der Waals surface area (Å²) in [6, 6.07) is 0. The number of amides is 1. The summed E-state index contributed by atoms with van der Waals surface area (Å²) in [4.78, 5) is 19.1. The molecule has 0 radical (unpaired) electrons. The monoisotopic (exact) mass is 281 g/mol. The average molecular weight is 281 g/mol. The molecule has 2 heterocycles. The van der Waals surface area contributed by atoms with Gasteiger partial charge in [0, 0.05) is 45.7 Å². The summed E-state index contributed by atoms with van der Waals surface area (Å²) < 4.78 is 0. The molecule has 0 atom stereocenters. The SMILES string of the molecule is CN1CCN(CCCC(=O)N2CCC(C)(C)CC2)CC1. The molecular weight excluding hydrogens is 250 g/mol. The number of piperidine rings is 1. The van der Waals surface area contributed by atoms with Gasteiger partial charge in [0.1, 0.15) is 0 Å². The van der Waals surface area contributed by atoms with Gasteiger partial charge in [0.15, 0.2) is 0 Å². The first-order chi connectivity index (χ1) is 9.46. The van der Waals surface area contributed by atoms with Crippen molar-refractivity contribution in [3.05, 3.63) is 0 Å². The molecule has 0 aromatic carbocycles. The van der Waals surface area contributed by atoms with Gasteiger partial charge in [-0.05, 0) is 38.3 Å². The van der Waals surface area contributed by atoms with Gasteiger partial charge in [-0.2, -0.15) is 0 Å². The van der Waals surface area contributed by atoms with Crippen molar-refractivity contribution in [1.82, 2.24) is 14.7 Å². The first-order valence-corrected chi connectivity index (χ1v) is 8.15. The molecule has 0 bridgehead atoms. The lowest BCUT2D eigenvalue weighted by atomic mass is 9.82. The minimum Gasteiger partial charge on any atom is -0.343 e. The Hall–Kier alpha value is -0.610. The zero-order valence-electron chi connectivity index (χ0n) is 13.5. The van der Waals surface area contributed by atoms with E-state index >= 15 is 0 Å². The molecule has 20 heavy (non-hydrogen) atoms. The highest BCUT2D eigenvalue weighted by Crippen LogP contribution is 2.29. The third-order valence-electron chi connectivity index (χ3n) is 4.93. The van der Waals surface area contributed by atoms with Crippen molar-refractivity contribution in [2.75, 3.05) is 52.9 Å². The van der Waals surface area contributed by atoms with E-state index in [0.717, 1.165) is 71.5 Å². The Balaban J connectivity index is 1.61. The Morgan fingerprint density at radius 1 is 1.00 bits per heavy atom. The molecule has 0 spiro atoms. The fraction of sp³-hybridized carbons (Fsp3) is 0.938. The van der Waals surface area contributed by atoms with Gasteiger partial charge in [0.25, 0.3) is 0 Å². The number of likely N-dealkylation sites (N-methyl/N-ethyl adjacent to an activating group) is 1. The lowest BCUT2D eigenvalue weighted by Gasteiger charge is -2.37. The summed E-state index contributed by atoms with van der Waals surface area (Å²) in [6.07, 6.45) is 4.05. The summed E-state index contributed by atoms with van der Waals surface area (Å²) in [6.45, 7) is 12.2. The highest BCUT2D eigenvalue weighted by molar-refractivity contribution is 5.76. The molecule has 4 heteroatoms. The highest BCUT2D eigenvalue weighted by Gasteiger charge is 2.27. The Morgan fingerprint density at radius 2 is 1.60 bits per heavy atom. The predicted octanol–water partition coefficient (Wildman–Crippen LogP) is 1.66. The van der Waals surface area contributed by atoms with Crippen LogP contribution in [0.15, 0.2) is 0 Å². The number of hydrogen-bond acceptors (Lipinski definition) is 3. The van der Waals surface area contributed by atoms with E-state index in [-0.39, 0.29) is 0 Å². The highest BCUT2D eigenvalue weighted by atomic mass is 16.2. The molecule has 2 saturated heterocycles. The summed E-state index contributed by atoms with van der Waals surface area (Å²) in [5.74, 6) is 0.370. The number of likely N-dealkylation sites (tertiary alicyclic amines) is 1. The molecule has 116 valence electrons. The zero-order valence-corrected chi connectivity index (χ0v) is 13.5. The van der Waals surface area contributed by atoms with Crippen LogP contribution in [0, 0.1) is 5.41 Å². The van der Waals surface area contributed by atoms with Crippen molar-refractivity contribution in [3.63, 3.8) is 0 Å². The van der Waals surface area contributed by atoms with Crippen molar-refractivity contribution in [2.45, 2.75) is 39.5 Å². The number of rotatable bonds is 4. The van der Waals surface area contributed by atoms with Gasteiger partial charge >= 0.3 is 0 Å². The average Bonchev–Trinajstić information content (AvgIpc) is 2.41. The second-order valence-electron chi connectivity index (χ2n) is 7.29. The van der Waals surface area contributed by atoms with Crippen molar-refractivity contribution in [1.29, 1.82) is 0 Å². The van der Waals surface area contributed by atoms with Gasteiger partial charge in [-0.1, -0.05) is 13.8 Å². The maximum atomic E-state index is 12.2. The molecule has 1 amide bonds. The quantitative estimate of drug-likeness (QED) is 0.784. The van der Waals surface area contributed by atoms with Gasteiger partial charge in [-0.15, -0.1) is 0 Å². The number of carbonyl (C=O) groups is 1. The van der Waals surface area contributed by atoms with Crippen LogP contribution in [0.4, 0.5) is 0 Å². The lowest BCUT2D eigenvalue weighted by molar-refractivity contribution is -0.133. The van der Waals surface area contributed by atoms with Crippen LogP contribution >= 0.6 is 0 Å². The van der Waals surface area contributed by atoms with Gasteiger partial charge in [-0.3, -0.25) is 4.79 Å². The summed E-state index contributed by atoms with van der Waals surface area (Å²) in [7, 11) is 2.18. The molecule has 0 aliphatic carbocycles. The van der Waals surface area contributed by atoms with E-state index in [1.807, 2.05) is 0 Å². The van der Waals surface area contributed by atoms with Gasteiger partial charge < -0.3 is 14.7 Å². The first-order valence-electron chi connectivity index (χ1n) is 8.15. The largest absolute Gasteiger partial charge is 0.343 e. The molecule has 0 aromatic rings. The second-order valence-corrected chi connectivity index (χ2v) is 7.29. The van der Waals surface area contributed by atoms with Gasteiger partial charge in [-0.25, -0.2) is 0 Å². The van der Waals surface area contributed by atoms with Crippen molar-refractivity contribution >= 4 is 5.91 Å². The molecule has 0 aromatic heterocycles.